The average molecular weight is 477 g/mol. The van der Waals surface area contributed by atoms with Gasteiger partial charge in [0.25, 0.3) is 0 Å². The summed E-state index contributed by atoms with van der Waals surface area (Å²) in [5, 5.41) is 3.38. The molecule has 10 nitrogen and oxygen atoms in total. The van der Waals surface area contributed by atoms with E-state index in [1.54, 1.807) is 0 Å². The molecule has 0 aliphatic carbocycles. The number of anilines is 3. The van der Waals surface area contributed by atoms with Gasteiger partial charge in [0.05, 0.1) is 0 Å². The highest BCUT2D eigenvalue weighted by Gasteiger charge is 2.28. The standard InChI is InChI=1S/C22H36N10.ClH/c1-13-3-4-15(14(2)5-13)8-27-20-28-21(31-9-16(23)6-17(24)10-31)30-22(29-20)32-11-18(25)7-19(26)12-32;/h3-5,16-19H,6-12,23-26H2,1-2H3,(H,27,28,29,30);1H/t16-,17+,18-,19+;. The Kier molecular flexibility index (Phi) is 8.30. The summed E-state index contributed by atoms with van der Waals surface area (Å²) in [5.74, 6) is 1.68. The molecule has 0 spiro atoms. The number of piperidine rings is 2. The molecule has 1 aromatic carbocycles. The Balaban J connectivity index is 0.00000306. The summed E-state index contributed by atoms with van der Waals surface area (Å²) in [7, 11) is 0. The van der Waals surface area contributed by atoms with Gasteiger partial charge in [-0.05, 0) is 37.8 Å². The van der Waals surface area contributed by atoms with Crippen molar-refractivity contribution in [2.45, 2.75) is 57.4 Å². The van der Waals surface area contributed by atoms with Crippen LogP contribution < -0.4 is 38.1 Å². The molecule has 0 unspecified atom stereocenters. The number of hydrogen-bond donors (Lipinski definition) is 5. The van der Waals surface area contributed by atoms with Crippen LogP contribution in [0.5, 0.6) is 0 Å². The molecule has 1 aromatic heterocycles. The first-order valence-electron chi connectivity index (χ1n) is 11.3. The first kappa shape index (κ1) is 25.4. The Labute approximate surface area is 201 Å². The van der Waals surface area contributed by atoms with Crippen molar-refractivity contribution in [1.29, 1.82) is 0 Å². The lowest BCUT2D eigenvalue weighted by Gasteiger charge is -2.37. The van der Waals surface area contributed by atoms with Crippen molar-refractivity contribution in [3.63, 3.8) is 0 Å². The lowest BCUT2D eigenvalue weighted by Crippen LogP contribution is -2.54. The van der Waals surface area contributed by atoms with Gasteiger partial charge in [0.1, 0.15) is 0 Å². The third-order valence-corrected chi connectivity index (χ3v) is 6.14. The second kappa shape index (κ2) is 10.8. The molecule has 4 rings (SSSR count). The largest absolute Gasteiger partial charge is 0.350 e. The van der Waals surface area contributed by atoms with E-state index in [2.05, 4.69) is 47.2 Å². The van der Waals surface area contributed by atoms with Crippen LogP contribution in [0.2, 0.25) is 0 Å². The first-order valence-corrected chi connectivity index (χ1v) is 11.3. The third-order valence-electron chi connectivity index (χ3n) is 6.14. The molecule has 0 bridgehead atoms. The van der Waals surface area contributed by atoms with Crippen LogP contribution in [0.1, 0.15) is 29.5 Å². The maximum atomic E-state index is 6.22. The fraction of sp³-hybridized carbons (Fsp3) is 0.591. The van der Waals surface area contributed by atoms with Gasteiger partial charge in [-0.25, -0.2) is 0 Å². The van der Waals surface area contributed by atoms with E-state index in [4.69, 9.17) is 37.9 Å². The second-order valence-corrected chi connectivity index (χ2v) is 9.36. The van der Waals surface area contributed by atoms with E-state index in [1.807, 2.05) is 0 Å². The molecular formula is C22H37ClN10. The van der Waals surface area contributed by atoms with Crippen molar-refractivity contribution >= 4 is 30.3 Å². The molecule has 2 saturated heterocycles. The predicted molar refractivity (Wildman–Crippen MR) is 136 cm³/mol. The number of nitrogens with two attached hydrogens (primary N) is 4. The molecule has 3 heterocycles. The van der Waals surface area contributed by atoms with Crippen LogP contribution in [0.25, 0.3) is 0 Å². The minimum atomic E-state index is -0.0117. The molecule has 11 heteroatoms. The van der Waals surface area contributed by atoms with Crippen LogP contribution in [0.3, 0.4) is 0 Å². The van der Waals surface area contributed by atoms with Gasteiger partial charge in [-0.1, -0.05) is 23.8 Å². The summed E-state index contributed by atoms with van der Waals surface area (Å²) in [6.45, 7) is 7.46. The summed E-state index contributed by atoms with van der Waals surface area (Å²) in [5.41, 5.74) is 28.5. The van der Waals surface area contributed by atoms with Crippen molar-refractivity contribution < 1.29 is 0 Å². The molecular weight excluding hydrogens is 440 g/mol. The maximum Gasteiger partial charge on any atom is 0.232 e. The van der Waals surface area contributed by atoms with Crippen molar-refractivity contribution in [2.75, 3.05) is 41.3 Å². The zero-order valence-electron chi connectivity index (χ0n) is 19.4. The van der Waals surface area contributed by atoms with Gasteiger partial charge in [0, 0.05) is 56.9 Å². The van der Waals surface area contributed by atoms with E-state index in [0.29, 0.717) is 50.6 Å². The summed E-state index contributed by atoms with van der Waals surface area (Å²) < 4.78 is 0. The molecule has 2 fully saturated rings. The zero-order valence-corrected chi connectivity index (χ0v) is 20.3. The lowest BCUT2D eigenvalue weighted by atomic mass is 10.0. The van der Waals surface area contributed by atoms with Crippen LogP contribution in [0.15, 0.2) is 18.2 Å². The number of hydrogen-bond acceptors (Lipinski definition) is 10. The van der Waals surface area contributed by atoms with Crippen LogP contribution >= 0.6 is 12.4 Å². The van der Waals surface area contributed by atoms with Crippen LogP contribution in [0.4, 0.5) is 17.8 Å². The van der Waals surface area contributed by atoms with Crippen LogP contribution in [0, 0.1) is 13.8 Å². The lowest BCUT2D eigenvalue weighted by molar-refractivity contribution is 0.441. The molecule has 182 valence electrons. The fourth-order valence-corrected chi connectivity index (χ4v) is 4.62. The maximum absolute atomic E-state index is 6.22. The minimum Gasteiger partial charge on any atom is -0.350 e. The highest BCUT2D eigenvalue weighted by atomic mass is 35.5. The van der Waals surface area contributed by atoms with E-state index in [9.17, 15) is 0 Å². The smallest absolute Gasteiger partial charge is 0.232 e. The van der Waals surface area contributed by atoms with Crippen molar-refractivity contribution in [3.05, 3.63) is 34.9 Å². The van der Waals surface area contributed by atoms with Gasteiger partial charge in [0.15, 0.2) is 0 Å². The van der Waals surface area contributed by atoms with E-state index >= 15 is 0 Å². The SMILES string of the molecule is Cc1ccc(CNc2nc(N3C[C@H](N)C[C@H](N)C3)nc(N3C[C@H](N)C[C@H](N)C3)n2)c(C)c1.Cl. The topological polar surface area (TPSA) is 161 Å². The number of rotatable bonds is 5. The molecule has 2 aliphatic heterocycles. The monoisotopic (exact) mass is 476 g/mol. The number of nitrogens with one attached hydrogen (secondary N) is 1. The van der Waals surface area contributed by atoms with Gasteiger partial charge >= 0.3 is 0 Å². The van der Waals surface area contributed by atoms with Crippen LogP contribution in [-0.2, 0) is 6.54 Å². The molecule has 2 aromatic rings. The Morgan fingerprint density at radius 2 is 1.30 bits per heavy atom. The summed E-state index contributed by atoms with van der Waals surface area (Å²) >= 11 is 0. The summed E-state index contributed by atoms with van der Waals surface area (Å²) in [6.07, 6.45) is 1.59. The van der Waals surface area contributed by atoms with Gasteiger partial charge in [-0.2, -0.15) is 15.0 Å². The fourth-order valence-electron chi connectivity index (χ4n) is 4.62. The van der Waals surface area contributed by atoms with Gasteiger partial charge < -0.3 is 38.1 Å². The molecule has 9 N–H and O–H groups in total. The van der Waals surface area contributed by atoms with E-state index in [0.717, 1.165) is 12.8 Å². The van der Waals surface area contributed by atoms with E-state index < -0.39 is 0 Å². The molecule has 2 aliphatic rings. The molecule has 0 saturated carbocycles. The zero-order chi connectivity index (χ0) is 22.8. The van der Waals surface area contributed by atoms with E-state index in [-0.39, 0.29) is 36.6 Å². The van der Waals surface area contributed by atoms with Crippen LogP contribution in [-0.4, -0.2) is 65.3 Å². The summed E-state index contributed by atoms with van der Waals surface area (Å²) in [6, 6.07) is 6.37. The number of benzene rings is 1. The molecule has 4 atom stereocenters. The van der Waals surface area contributed by atoms with Crippen molar-refractivity contribution in [3.8, 4) is 0 Å². The van der Waals surface area contributed by atoms with Gasteiger partial charge in [-0.15, -0.1) is 12.4 Å². The Hall–Kier alpha value is -2.24. The first-order chi connectivity index (χ1) is 15.3. The normalized spacial score (nSPS) is 25.5. The number of halogens is 1. The van der Waals surface area contributed by atoms with Crippen molar-refractivity contribution in [2.24, 2.45) is 22.9 Å². The highest BCUT2D eigenvalue weighted by Crippen LogP contribution is 2.22. The van der Waals surface area contributed by atoms with Gasteiger partial charge in [0.2, 0.25) is 17.8 Å². The highest BCUT2D eigenvalue weighted by molar-refractivity contribution is 5.85. The van der Waals surface area contributed by atoms with E-state index in [1.165, 1.54) is 16.7 Å². The van der Waals surface area contributed by atoms with Gasteiger partial charge in [-0.3, -0.25) is 0 Å². The third kappa shape index (κ3) is 6.42. The average Bonchev–Trinajstić information content (AvgIpc) is 2.71. The van der Waals surface area contributed by atoms with Crippen molar-refractivity contribution in [1.82, 2.24) is 15.0 Å². The number of aryl methyl sites for hydroxylation is 2. The molecule has 0 amide bonds. The molecule has 33 heavy (non-hydrogen) atoms. The Morgan fingerprint density at radius 1 is 0.818 bits per heavy atom. The summed E-state index contributed by atoms with van der Waals surface area (Å²) in [4.78, 5) is 18.3. The minimum absolute atomic E-state index is 0. The molecule has 0 radical (unpaired) electrons. The Morgan fingerprint density at radius 3 is 1.76 bits per heavy atom. The predicted octanol–water partition coefficient (Wildman–Crippen LogP) is 0.252. The second-order valence-electron chi connectivity index (χ2n) is 9.36. The Bertz CT molecular complexity index is 877. The quantitative estimate of drug-likeness (QED) is 0.404. The number of aromatic nitrogens is 3. The number of nitrogens with zero attached hydrogens (tertiary/aromatic N) is 5.